The Hall–Kier alpha value is -2.71. The molecule has 8 heteroatoms. The quantitative estimate of drug-likeness (QED) is 0.604. The van der Waals surface area contributed by atoms with Gasteiger partial charge in [-0.2, -0.15) is 4.31 Å². The summed E-state index contributed by atoms with van der Waals surface area (Å²) in [5.41, 5.74) is 1.80. The third-order valence-electron chi connectivity index (χ3n) is 5.25. The molecule has 30 heavy (non-hydrogen) atoms. The van der Waals surface area contributed by atoms with Crippen molar-refractivity contribution in [2.75, 3.05) is 13.1 Å². The molecule has 1 aliphatic heterocycles. The fourth-order valence-electron chi connectivity index (χ4n) is 3.29. The van der Waals surface area contributed by atoms with Crippen LogP contribution in [0, 0.1) is 0 Å². The predicted molar refractivity (Wildman–Crippen MR) is 114 cm³/mol. The van der Waals surface area contributed by atoms with Gasteiger partial charge in [-0.15, -0.1) is 5.10 Å². The maximum absolute atomic E-state index is 12.9. The van der Waals surface area contributed by atoms with Gasteiger partial charge in [0.05, 0.1) is 17.1 Å². The Bertz CT molecular complexity index is 1100. The Labute approximate surface area is 177 Å². The van der Waals surface area contributed by atoms with E-state index in [9.17, 15) is 8.42 Å². The zero-order valence-corrected chi connectivity index (χ0v) is 18.2. The van der Waals surface area contributed by atoms with Gasteiger partial charge in [-0.1, -0.05) is 56.3 Å². The fraction of sp³-hybridized carbons (Fsp3) is 0.364. The van der Waals surface area contributed by atoms with Crippen LogP contribution in [0.25, 0.3) is 0 Å². The molecule has 3 aromatic rings. The first-order valence-electron chi connectivity index (χ1n) is 9.93. The molecule has 0 aliphatic carbocycles. The molecule has 0 atom stereocenters. The normalized spacial score (nSPS) is 15.7. The summed E-state index contributed by atoms with van der Waals surface area (Å²) >= 11 is 0. The van der Waals surface area contributed by atoms with Crippen molar-refractivity contribution in [2.24, 2.45) is 0 Å². The molecule has 0 radical (unpaired) electrons. The third kappa shape index (κ3) is 4.24. The van der Waals surface area contributed by atoms with Crippen LogP contribution in [-0.2, 0) is 22.0 Å². The van der Waals surface area contributed by atoms with E-state index in [1.807, 2.05) is 48.7 Å². The predicted octanol–water partition coefficient (Wildman–Crippen LogP) is 3.40. The summed E-state index contributed by atoms with van der Waals surface area (Å²) in [6.45, 7) is 7.39. The minimum atomic E-state index is -3.50. The van der Waals surface area contributed by atoms with E-state index in [1.165, 1.54) is 4.31 Å². The number of hydrogen-bond donors (Lipinski definition) is 0. The summed E-state index contributed by atoms with van der Waals surface area (Å²) in [5.74, 6) is 0.769. The summed E-state index contributed by atoms with van der Waals surface area (Å²) < 4.78 is 34.6. The largest absolute Gasteiger partial charge is 0.487 e. The molecule has 0 saturated carbocycles. The molecule has 158 valence electrons. The van der Waals surface area contributed by atoms with Crippen LogP contribution in [0.15, 0.2) is 65.7 Å². The molecule has 0 unspecified atom stereocenters. The van der Waals surface area contributed by atoms with Gasteiger partial charge in [0.25, 0.3) is 0 Å². The van der Waals surface area contributed by atoms with E-state index in [1.54, 1.807) is 16.8 Å². The maximum Gasteiger partial charge on any atom is 0.243 e. The number of rotatable bonds is 6. The summed E-state index contributed by atoms with van der Waals surface area (Å²) in [7, 11) is -3.50. The lowest BCUT2D eigenvalue weighted by molar-refractivity contribution is 0.188. The van der Waals surface area contributed by atoms with Gasteiger partial charge in [-0.05, 0) is 35.2 Å². The zero-order valence-electron chi connectivity index (χ0n) is 17.4. The molecule has 1 fully saturated rings. The molecule has 0 bridgehead atoms. The van der Waals surface area contributed by atoms with Gasteiger partial charge in [-0.25, -0.2) is 13.1 Å². The zero-order chi connectivity index (χ0) is 21.4. The maximum atomic E-state index is 12.9. The molecule has 2 heterocycles. The van der Waals surface area contributed by atoms with E-state index < -0.39 is 10.0 Å². The summed E-state index contributed by atoms with van der Waals surface area (Å²) in [6, 6.07) is 16.7. The second kappa shape index (κ2) is 7.85. The number of para-hydroxylation sites is 1. The SMILES string of the molecule is CC(C)(C)c1ccc(S(=O)(=O)N2CC(n3cc(COc4ccccc4)nn3)C2)cc1. The highest BCUT2D eigenvalue weighted by Crippen LogP contribution is 2.29. The Kier molecular flexibility index (Phi) is 5.38. The number of sulfonamides is 1. The Morgan fingerprint density at radius 2 is 1.70 bits per heavy atom. The van der Waals surface area contributed by atoms with Crippen LogP contribution in [0.5, 0.6) is 5.75 Å². The number of aromatic nitrogens is 3. The van der Waals surface area contributed by atoms with Crippen molar-refractivity contribution in [3.05, 3.63) is 72.1 Å². The van der Waals surface area contributed by atoms with Crippen molar-refractivity contribution in [1.29, 1.82) is 0 Å². The van der Waals surface area contributed by atoms with Gasteiger partial charge in [-0.3, -0.25) is 0 Å². The average molecular weight is 427 g/mol. The lowest BCUT2D eigenvalue weighted by Gasteiger charge is -2.37. The van der Waals surface area contributed by atoms with Gasteiger partial charge in [0.2, 0.25) is 10.0 Å². The van der Waals surface area contributed by atoms with E-state index in [2.05, 4.69) is 31.1 Å². The Morgan fingerprint density at radius 1 is 1.03 bits per heavy atom. The van der Waals surface area contributed by atoms with Gasteiger partial charge < -0.3 is 4.74 Å². The van der Waals surface area contributed by atoms with Crippen LogP contribution in [0.2, 0.25) is 0 Å². The number of benzene rings is 2. The first-order chi connectivity index (χ1) is 14.2. The number of nitrogens with zero attached hydrogens (tertiary/aromatic N) is 4. The van der Waals surface area contributed by atoms with Crippen LogP contribution >= 0.6 is 0 Å². The van der Waals surface area contributed by atoms with E-state index in [0.29, 0.717) is 30.3 Å². The van der Waals surface area contributed by atoms with Crippen LogP contribution in [0.1, 0.15) is 38.1 Å². The molecule has 1 aliphatic rings. The average Bonchev–Trinajstić information content (AvgIpc) is 3.14. The van der Waals surface area contributed by atoms with E-state index in [4.69, 9.17) is 4.74 Å². The molecule has 1 aromatic heterocycles. The van der Waals surface area contributed by atoms with Crippen molar-refractivity contribution in [1.82, 2.24) is 19.3 Å². The molecule has 1 saturated heterocycles. The molecule has 0 N–H and O–H groups in total. The molecular weight excluding hydrogens is 400 g/mol. The third-order valence-corrected chi connectivity index (χ3v) is 7.09. The Morgan fingerprint density at radius 3 is 2.33 bits per heavy atom. The molecule has 2 aromatic carbocycles. The van der Waals surface area contributed by atoms with E-state index in [-0.39, 0.29) is 11.5 Å². The van der Waals surface area contributed by atoms with Gasteiger partial charge in [0, 0.05) is 13.1 Å². The topological polar surface area (TPSA) is 77.3 Å². The lowest BCUT2D eigenvalue weighted by atomic mass is 9.87. The highest BCUT2D eigenvalue weighted by molar-refractivity contribution is 7.89. The van der Waals surface area contributed by atoms with Crippen LogP contribution in [0.4, 0.5) is 0 Å². The van der Waals surface area contributed by atoms with E-state index in [0.717, 1.165) is 11.3 Å². The highest BCUT2D eigenvalue weighted by Gasteiger charge is 2.38. The Balaban J connectivity index is 1.36. The van der Waals surface area contributed by atoms with Crippen molar-refractivity contribution in [3.63, 3.8) is 0 Å². The van der Waals surface area contributed by atoms with Crippen molar-refractivity contribution in [2.45, 2.75) is 43.7 Å². The molecule has 0 spiro atoms. The van der Waals surface area contributed by atoms with Gasteiger partial charge in [0.15, 0.2) is 0 Å². The summed E-state index contributed by atoms with van der Waals surface area (Å²) in [4.78, 5) is 0.324. The lowest BCUT2D eigenvalue weighted by Crippen LogP contribution is -2.50. The number of ether oxygens (including phenoxy) is 1. The van der Waals surface area contributed by atoms with Crippen LogP contribution in [-0.4, -0.2) is 40.8 Å². The first kappa shape index (κ1) is 20.6. The first-order valence-corrected chi connectivity index (χ1v) is 11.4. The van der Waals surface area contributed by atoms with Crippen molar-refractivity contribution < 1.29 is 13.2 Å². The van der Waals surface area contributed by atoms with Crippen molar-refractivity contribution >= 4 is 10.0 Å². The summed E-state index contributed by atoms with van der Waals surface area (Å²) in [5, 5.41) is 8.28. The molecule has 7 nitrogen and oxygen atoms in total. The monoisotopic (exact) mass is 426 g/mol. The molecule has 0 amide bonds. The minimum Gasteiger partial charge on any atom is -0.487 e. The highest BCUT2D eigenvalue weighted by atomic mass is 32.2. The smallest absolute Gasteiger partial charge is 0.243 e. The van der Waals surface area contributed by atoms with E-state index >= 15 is 0 Å². The molecule has 4 rings (SSSR count). The van der Waals surface area contributed by atoms with Crippen LogP contribution in [0.3, 0.4) is 0 Å². The molecular formula is C22H26N4O3S. The fourth-order valence-corrected chi connectivity index (χ4v) is 4.80. The summed E-state index contributed by atoms with van der Waals surface area (Å²) in [6.07, 6.45) is 1.82. The van der Waals surface area contributed by atoms with Crippen LogP contribution < -0.4 is 4.74 Å². The van der Waals surface area contributed by atoms with Gasteiger partial charge >= 0.3 is 0 Å². The minimum absolute atomic E-state index is 0.0147. The standard InChI is InChI=1S/C22H26N4O3S/c1-22(2,3)17-9-11-21(12-10-17)30(27,28)25-14-19(15-25)26-13-18(23-24-26)16-29-20-7-5-4-6-8-20/h4-13,19H,14-16H2,1-3H3. The number of hydrogen-bond acceptors (Lipinski definition) is 5. The van der Waals surface area contributed by atoms with Gasteiger partial charge in [0.1, 0.15) is 18.1 Å². The second-order valence-electron chi connectivity index (χ2n) is 8.54. The van der Waals surface area contributed by atoms with Crippen molar-refractivity contribution in [3.8, 4) is 5.75 Å². The second-order valence-corrected chi connectivity index (χ2v) is 10.5.